The molecule has 14 heavy (non-hydrogen) atoms. The zero-order valence-corrected chi connectivity index (χ0v) is 10.1. The maximum atomic E-state index is 11.6. The first kappa shape index (κ1) is 10.1. The summed E-state index contributed by atoms with van der Waals surface area (Å²) in [6.07, 6.45) is 0. The molecule has 0 atom stereocenters. The Bertz CT molecular complexity index is 491. The summed E-state index contributed by atoms with van der Waals surface area (Å²) < 4.78 is 23.9. The largest absolute Gasteiger partial charge is 0.350 e. The van der Waals surface area contributed by atoms with Gasteiger partial charge < -0.3 is 5.32 Å². The smallest absolute Gasteiger partial charge is 0.262 e. The number of fused-ring (bicyclic) bond motifs is 1. The highest BCUT2D eigenvalue weighted by Crippen LogP contribution is 2.31. The number of amides is 1. The van der Waals surface area contributed by atoms with Gasteiger partial charge in [-0.1, -0.05) is 0 Å². The molecule has 0 bridgehead atoms. The van der Waals surface area contributed by atoms with Crippen LogP contribution in [-0.2, 0) is 9.84 Å². The van der Waals surface area contributed by atoms with E-state index >= 15 is 0 Å². The van der Waals surface area contributed by atoms with E-state index in [1.807, 2.05) is 0 Å². The molecular formula is C7H6BrNO3S2. The van der Waals surface area contributed by atoms with Gasteiger partial charge in [0.05, 0.1) is 14.4 Å². The summed E-state index contributed by atoms with van der Waals surface area (Å²) >= 11 is 4.31. The molecule has 0 saturated carbocycles. The molecule has 1 aromatic rings. The maximum absolute atomic E-state index is 11.6. The van der Waals surface area contributed by atoms with Crippen LogP contribution in [0.5, 0.6) is 0 Å². The normalized spacial score (nSPS) is 19.6. The fourth-order valence-electron chi connectivity index (χ4n) is 1.22. The van der Waals surface area contributed by atoms with Crippen LogP contribution in [0.3, 0.4) is 0 Å². The molecule has 1 aliphatic heterocycles. The van der Waals surface area contributed by atoms with Crippen LogP contribution in [0, 0.1) is 0 Å². The van der Waals surface area contributed by atoms with Gasteiger partial charge in [-0.3, -0.25) is 4.79 Å². The van der Waals surface area contributed by atoms with Crippen LogP contribution in [0.2, 0.25) is 0 Å². The van der Waals surface area contributed by atoms with Crippen molar-refractivity contribution in [2.45, 2.75) is 4.90 Å². The Morgan fingerprint density at radius 3 is 2.93 bits per heavy atom. The molecule has 1 aliphatic rings. The first-order valence-corrected chi connectivity index (χ1v) is 7.07. The summed E-state index contributed by atoms with van der Waals surface area (Å²) in [6, 6.07) is 1.49. The lowest BCUT2D eigenvalue weighted by Gasteiger charge is -1.96. The molecule has 2 rings (SSSR count). The Morgan fingerprint density at radius 2 is 2.21 bits per heavy atom. The molecule has 0 spiro atoms. The predicted octanol–water partition coefficient (Wildman–Crippen LogP) is 1.03. The van der Waals surface area contributed by atoms with Crippen molar-refractivity contribution in [2.75, 3.05) is 12.3 Å². The monoisotopic (exact) mass is 295 g/mol. The molecule has 0 saturated heterocycles. The Morgan fingerprint density at radius 1 is 1.50 bits per heavy atom. The highest BCUT2D eigenvalue weighted by molar-refractivity contribution is 9.11. The van der Waals surface area contributed by atoms with Gasteiger partial charge in [0, 0.05) is 6.54 Å². The van der Waals surface area contributed by atoms with Crippen molar-refractivity contribution in [1.82, 2.24) is 5.32 Å². The van der Waals surface area contributed by atoms with E-state index < -0.39 is 9.84 Å². The zero-order chi connectivity index (χ0) is 10.3. The number of sulfone groups is 1. The van der Waals surface area contributed by atoms with Crippen LogP contribution in [0.15, 0.2) is 14.7 Å². The minimum absolute atomic E-state index is 0.0328. The van der Waals surface area contributed by atoms with Gasteiger partial charge in [0.25, 0.3) is 5.91 Å². The van der Waals surface area contributed by atoms with Crippen molar-refractivity contribution < 1.29 is 13.2 Å². The number of rotatable bonds is 0. The average molecular weight is 296 g/mol. The van der Waals surface area contributed by atoms with E-state index in [0.717, 1.165) is 11.3 Å². The fraction of sp³-hybridized carbons (Fsp3) is 0.286. The lowest BCUT2D eigenvalue weighted by molar-refractivity contribution is 0.0958. The molecule has 4 nitrogen and oxygen atoms in total. The van der Waals surface area contributed by atoms with Gasteiger partial charge in [0.1, 0.15) is 4.88 Å². The number of thiophene rings is 1. The summed E-state index contributed by atoms with van der Waals surface area (Å²) in [6.45, 7) is 0.181. The summed E-state index contributed by atoms with van der Waals surface area (Å²) in [5.74, 6) is -0.341. The van der Waals surface area contributed by atoms with Crippen LogP contribution >= 0.6 is 27.3 Å². The number of hydrogen-bond acceptors (Lipinski definition) is 4. The molecule has 0 radical (unpaired) electrons. The molecule has 2 heterocycles. The molecule has 0 aliphatic carbocycles. The molecule has 1 N–H and O–H groups in total. The third-order valence-electron chi connectivity index (χ3n) is 1.87. The van der Waals surface area contributed by atoms with E-state index in [0.29, 0.717) is 3.79 Å². The van der Waals surface area contributed by atoms with Gasteiger partial charge in [-0.25, -0.2) is 8.42 Å². The highest BCUT2D eigenvalue weighted by atomic mass is 79.9. The predicted molar refractivity (Wildman–Crippen MR) is 56.4 cm³/mol. The number of carbonyl (C=O) groups excluding carboxylic acids is 1. The number of hydrogen-bond donors (Lipinski definition) is 1. The second-order valence-corrected chi connectivity index (χ2v) is 7.33. The summed E-state index contributed by atoms with van der Waals surface area (Å²) in [7, 11) is -3.29. The van der Waals surface area contributed by atoms with Crippen molar-refractivity contribution in [3.8, 4) is 0 Å². The molecule has 1 aromatic heterocycles. The summed E-state index contributed by atoms with van der Waals surface area (Å²) in [4.78, 5) is 11.8. The van der Waals surface area contributed by atoms with Crippen molar-refractivity contribution in [3.05, 3.63) is 14.7 Å². The van der Waals surface area contributed by atoms with E-state index in [-0.39, 0.29) is 28.0 Å². The van der Waals surface area contributed by atoms with Crippen molar-refractivity contribution in [3.63, 3.8) is 0 Å². The second-order valence-electron chi connectivity index (χ2n) is 2.82. The minimum Gasteiger partial charge on any atom is -0.350 e. The first-order chi connectivity index (χ1) is 6.50. The van der Waals surface area contributed by atoms with Crippen LogP contribution in [0.4, 0.5) is 0 Å². The number of carbonyl (C=O) groups is 1. The average Bonchev–Trinajstić information content (AvgIpc) is 2.43. The van der Waals surface area contributed by atoms with Gasteiger partial charge >= 0.3 is 0 Å². The van der Waals surface area contributed by atoms with Crippen LogP contribution in [0.25, 0.3) is 0 Å². The zero-order valence-electron chi connectivity index (χ0n) is 6.91. The number of nitrogens with one attached hydrogen (secondary N) is 1. The van der Waals surface area contributed by atoms with Crippen molar-refractivity contribution >= 4 is 43.0 Å². The van der Waals surface area contributed by atoms with Gasteiger partial charge in [-0.15, -0.1) is 11.3 Å². The lowest BCUT2D eigenvalue weighted by Crippen LogP contribution is -2.24. The van der Waals surface area contributed by atoms with Crippen molar-refractivity contribution in [2.24, 2.45) is 0 Å². The third-order valence-corrected chi connectivity index (χ3v) is 5.37. The minimum atomic E-state index is -3.29. The molecule has 1 amide bonds. The Labute approximate surface area is 93.4 Å². The van der Waals surface area contributed by atoms with Gasteiger partial charge in [0.2, 0.25) is 0 Å². The molecule has 0 fully saturated rings. The van der Waals surface area contributed by atoms with E-state index in [4.69, 9.17) is 0 Å². The Hall–Kier alpha value is -0.400. The molecular weight excluding hydrogens is 290 g/mol. The van der Waals surface area contributed by atoms with Gasteiger partial charge in [-0.2, -0.15) is 0 Å². The standard InChI is InChI=1S/C7H6BrNO3S2/c8-5-3-4-6(13-5)7(10)9-1-2-14(4,11)12/h3H,1-2H2,(H,9,10). The Balaban J connectivity index is 2.70. The van der Waals surface area contributed by atoms with Crippen LogP contribution < -0.4 is 5.32 Å². The van der Waals surface area contributed by atoms with E-state index in [1.54, 1.807) is 0 Å². The molecule has 76 valence electrons. The van der Waals surface area contributed by atoms with Crippen LogP contribution in [-0.4, -0.2) is 26.6 Å². The maximum Gasteiger partial charge on any atom is 0.262 e. The Kier molecular flexibility index (Phi) is 2.40. The second kappa shape index (κ2) is 3.32. The fourth-order valence-corrected chi connectivity index (χ4v) is 4.63. The number of halogens is 1. The first-order valence-electron chi connectivity index (χ1n) is 3.81. The van der Waals surface area contributed by atoms with E-state index in [2.05, 4.69) is 21.2 Å². The van der Waals surface area contributed by atoms with Gasteiger partial charge in [0.15, 0.2) is 9.84 Å². The van der Waals surface area contributed by atoms with E-state index in [1.165, 1.54) is 6.07 Å². The highest BCUT2D eigenvalue weighted by Gasteiger charge is 2.28. The van der Waals surface area contributed by atoms with Crippen molar-refractivity contribution in [1.29, 1.82) is 0 Å². The third kappa shape index (κ3) is 1.59. The molecule has 7 heteroatoms. The summed E-state index contributed by atoms with van der Waals surface area (Å²) in [5, 5.41) is 2.54. The topological polar surface area (TPSA) is 63.2 Å². The SMILES string of the molecule is O=C1NCCS(=O)(=O)c2cc(Br)sc21. The molecule has 0 unspecified atom stereocenters. The quantitative estimate of drug-likeness (QED) is 0.777. The molecule has 0 aromatic carbocycles. The van der Waals surface area contributed by atoms with Crippen LogP contribution in [0.1, 0.15) is 9.67 Å². The van der Waals surface area contributed by atoms with Gasteiger partial charge in [-0.05, 0) is 22.0 Å². The lowest BCUT2D eigenvalue weighted by atomic mass is 10.4. The van der Waals surface area contributed by atoms with E-state index in [9.17, 15) is 13.2 Å². The summed E-state index contributed by atoms with van der Waals surface area (Å²) in [5.41, 5.74) is 0.